The summed E-state index contributed by atoms with van der Waals surface area (Å²) in [5, 5.41) is 0. The maximum atomic E-state index is 5.40. The van der Waals surface area contributed by atoms with E-state index in [1.165, 1.54) is 33.6 Å². The Morgan fingerprint density at radius 3 is 1.98 bits per heavy atom. The molecule has 3 aliphatic rings. The number of rotatable bonds is 8. The van der Waals surface area contributed by atoms with Crippen LogP contribution in [0, 0.1) is 0 Å². The van der Waals surface area contributed by atoms with Crippen molar-refractivity contribution in [2.45, 2.75) is 6.04 Å². The lowest BCUT2D eigenvalue weighted by atomic mass is 9.97. The third kappa shape index (κ3) is 5.52. The van der Waals surface area contributed by atoms with Gasteiger partial charge in [0.15, 0.2) is 0 Å². The van der Waals surface area contributed by atoms with Crippen LogP contribution in [0.5, 0.6) is 0 Å². The molecule has 0 N–H and O–H groups in total. The summed E-state index contributed by atoms with van der Waals surface area (Å²) in [6, 6.07) is 23.4. The summed E-state index contributed by atoms with van der Waals surface area (Å²) in [6.45, 7) is 12.2. The van der Waals surface area contributed by atoms with E-state index in [9.17, 15) is 0 Å². The molecule has 3 saturated heterocycles. The normalized spacial score (nSPS) is 19.0. The van der Waals surface area contributed by atoms with E-state index in [0.29, 0.717) is 6.04 Å². The van der Waals surface area contributed by atoms with Crippen LogP contribution >= 0.6 is 0 Å². The zero-order chi connectivity index (χ0) is 28.5. The first-order chi connectivity index (χ1) is 20.7. The summed E-state index contributed by atoms with van der Waals surface area (Å²) in [5.74, 6) is 0. The number of hydrogen-bond acceptors (Lipinski definition) is 7. The van der Waals surface area contributed by atoms with Gasteiger partial charge in [-0.2, -0.15) is 0 Å². The molecule has 220 valence electrons. The van der Waals surface area contributed by atoms with Crippen molar-refractivity contribution < 1.29 is 9.47 Å². The molecule has 8 nitrogen and oxygen atoms in total. The quantitative estimate of drug-likeness (QED) is 0.317. The highest BCUT2D eigenvalue weighted by Crippen LogP contribution is 2.35. The lowest BCUT2D eigenvalue weighted by Crippen LogP contribution is -2.56. The molecular formula is C34H42N6O2. The number of hydrogen-bond donors (Lipinski definition) is 0. The van der Waals surface area contributed by atoms with E-state index >= 15 is 0 Å². The standard InChI is InChI=1S/C34H42N6O2/c1-36-25-35-34-32(27-5-9-30(10-6-27)39-15-17-40(18-16-39)31-23-42-24-31)21-28(22-33(34)36)26-3-7-29(8-4-26)38-13-11-37(12-14-38)19-20-41-2/h3-10,21-22,25,31H,11-20,23-24H2,1-2H3. The Bertz CT molecular complexity index is 1480. The molecule has 3 aromatic carbocycles. The second-order valence-corrected chi connectivity index (χ2v) is 11.9. The van der Waals surface area contributed by atoms with Crippen molar-refractivity contribution >= 4 is 22.4 Å². The van der Waals surface area contributed by atoms with Crippen LogP contribution in [0.2, 0.25) is 0 Å². The molecule has 0 amide bonds. The van der Waals surface area contributed by atoms with E-state index < -0.39 is 0 Å². The summed E-state index contributed by atoms with van der Waals surface area (Å²) < 4.78 is 12.8. The maximum absolute atomic E-state index is 5.40. The van der Waals surface area contributed by atoms with Gasteiger partial charge in [-0.3, -0.25) is 9.80 Å². The highest BCUT2D eigenvalue weighted by Gasteiger charge is 2.29. The number of ether oxygens (including phenoxy) is 2. The maximum Gasteiger partial charge on any atom is 0.0963 e. The average Bonchev–Trinajstić information content (AvgIpc) is 3.40. The smallest absolute Gasteiger partial charge is 0.0963 e. The van der Waals surface area contributed by atoms with Crippen molar-refractivity contribution in [1.29, 1.82) is 0 Å². The number of aryl methyl sites for hydroxylation is 1. The molecule has 42 heavy (non-hydrogen) atoms. The molecule has 8 heteroatoms. The fraction of sp³-hybridized carbons (Fsp3) is 0.441. The van der Waals surface area contributed by atoms with Crippen LogP contribution in [0.4, 0.5) is 11.4 Å². The summed E-state index contributed by atoms with van der Waals surface area (Å²) in [7, 11) is 3.86. The lowest BCUT2D eigenvalue weighted by molar-refractivity contribution is -0.0660. The van der Waals surface area contributed by atoms with Gasteiger partial charge in [0.2, 0.25) is 0 Å². The van der Waals surface area contributed by atoms with Crippen molar-refractivity contribution in [3.8, 4) is 22.3 Å². The molecule has 3 aliphatic heterocycles. The zero-order valence-corrected chi connectivity index (χ0v) is 24.9. The van der Waals surface area contributed by atoms with E-state index in [4.69, 9.17) is 14.5 Å². The number of methoxy groups -OCH3 is 1. The highest BCUT2D eigenvalue weighted by molar-refractivity contribution is 5.96. The van der Waals surface area contributed by atoms with E-state index in [1.807, 2.05) is 6.33 Å². The van der Waals surface area contributed by atoms with Gasteiger partial charge in [-0.1, -0.05) is 24.3 Å². The van der Waals surface area contributed by atoms with Crippen molar-refractivity contribution in [3.05, 3.63) is 67.0 Å². The Morgan fingerprint density at radius 1 is 0.762 bits per heavy atom. The molecule has 4 aromatic rings. The molecule has 3 fully saturated rings. The lowest BCUT2D eigenvalue weighted by Gasteiger charge is -2.43. The predicted molar refractivity (Wildman–Crippen MR) is 171 cm³/mol. The Kier molecular flexibility index (Phi) is 7.86. The van der Waals surface area contributed by atoms with Crippen LogP contribution in [0.15, 0.2) is 67.0 Å². The Labute approximate surface area is 249 Å². The Balaban J connectivity index is 1.09. The minimum atomic E-state index is 0.626. The molecule has 0 bridgehead atoms. The van der Waals surface area contributed by atoms with Crippen molar-refractivity contribution in [1.82, 2.24) is 19.4 Å². The second kappa shape index (κ2) is 12.1. The molecule has 1 aromatic heterocycles. The van der Waals surface area contributed by atoms with Crippen LogP contribution in [0.25, 0.3) is 33.3 Å². The molecule has 0 unspecified atom stereocenters. The number of nitrogens with zero attached hydrogens (tertiary/aromatic N) is 6. The fourth-order valence-corrected chi connectivity index (χ4v) is 6.56. The summed E-state index contributed by atoms with van der Waals surface area (Å²) in [4.78, 5) is 14.9. The first kappa shape index (κ1) is 27.4. The number of aromatic nitrogens is 2. The minimum absolute atomic E-state index is 0.626. The Hall–Kier alpha value is -3.43. The van der Waals surface area contributed by atoms with Gasteiger partial charge in [-0.25, -0.2) is 4.98 Å². The highest BCUT2D eigenvalue weighted by atomic mass is 16.5. The monoisotopic (exact) mass is 566 g/mol. The van der Waals surface area contributed by atoms with Gasteiger partial charge in [0.25, 0.3) is 0 Å². The number of piperazine rings is 2. The SMILES string of the molecule is COCCN1CCN(c2ccc(-c3cc(-c4ccc(N5CCN(C6COC6)CC5)cc4)c4ncn(C)c4c3)cc2)CC1. The van der Waals surface area contributed by atoms with Crippen LogP contribution < -0.4 is 9.80 Å². The van der Waals surface area contributed by atoms with Gasteiger partial charge in [0.1, 0.15) is 0 Å². The molecule has 0 saturated carbocycles. The van der Waals surface area contributed by atoms with Gasteiger partial charge in [0.05, 0.1) is 43.2 Å². The number of fused-ring (bicyclic) bond motifs is 1. The molecule has 0 radical (unpaired) electrons. The van der Waals surface area contributed by atoms with Gasteiger partial charge in [0, 0.05) is 90.0 Å². The van der Waals surface area contributed by atoms with Gasteiger partial charge < -0.3 is 23.8 Å². The van der Waals surface area contributed by atoms with Crippen LogP contribution in [-0.4, -0.2) is 111 Å². The molecular weight excluding hydrogens is 524 g/mol. The molecule has 0 spiro atoms. The average molecular weight is 567 g/mol. The molecule has 7 rings (SSSR count). The third-order valence-corrected chi connectivity index (χ3v) is 9.37. The number of anilines is 2. The van der Waals surface area contributed by atoms with E-state index in [0.717, 1.165) is 89.8 Å². The van der Waals surface area contributed by atoms with Crippen molar-refractivity contribution in [2.75, 3.05) is 95.6 Å². The summed E-state index contributed by atoms with van der Waals surface area (Å²) in [6.07, 6.45) is 1.92. The second-order valence-electron chi connectivity index (χ2n) is 11.9. The van der Waals surface area contributed by atoms with E-state index in [2.05, 4.69) is 91.9 Å². The van der Waals surface area contributed by atoms with Gasteiger partial charge in [-0.05, 0) is 53.1 Å². The first-order valence-electron chi connectivity index (χ1n) is 15.4. The number of imidazole rings is 1. The number of benzene rings is 3. The van der Waals surface area contributed by atoms with Crippen LogP contribution in [0.3, 0.4) is 0 Å². The fourth-order valence-electron chi connectivity index (χ4n) is 6.56. The zero-order valence-electron chi connectivity index (χ0n) is 24.9. The predicted octanol–water partition coefficient (Wildman–Crippen LogP) is 4.20. The van der Waals surface area contributed by atoms with Crippen LogP contribution in [-0.2, 0) is 16.5 Å². The van der Waals surface area contributed by atoms with Gasteiger partial charge >= 0.3 is 0 Å². The van der Waals surface area contributed by atoms with Crippen molar-refractivity contribution in [3.63, 3.8) is 0 Å². The minimum Gasteiger partial charge on any atom is -0.383 e. The van der Waals surface area contributed by atoms with Crippen LogP contribution in [0.1, 0.15) is 0 Å². The molecule has 0 aliphatic carbocycles. The summed E-state index contributed by atoms with van der Waals surface area (Å²) in [5.41, 5.74) is 9.63. The topological polar surface area (TPSA) is 49.2 Å². The largest absolute Gasteiger partial charge is 0.383 e. The Morgan fingerprint density at radius 2 is 1.38 bits per heavy atom. The van der Waals surface area contributed by atoms with E-state index in [1.54, 1.807) is 7.11 Å². The first-order valence-corrected chi connectivity index (χ1v) is 15.4. The van der Waals surface area contributed by atoms with E-state index in [-0.39, 0.29) is 0 Å². The van der Waals surface area contributed by atoms with Crippen molar-refractivity contribution in [2.24, 2.45) is 7.05 Å². The van der Waals surface area contributed by atoms with Gasteiger partial charge in [-0.15, -0.1) is 0 Å². The summed E-state index contributed by atoms with van der Waals surface area (Å²) >= 11 is 0. The molecule has 4 heterocycles. The third-order valence-electron chi connectivity index (χ3n) is 9.37. The molecule has 0 atom stereocenters.